The number of hydrogen-bond acceptors (Lipinski definition) is 2. The Morgan fingerprint density at radius 3 is 2.41 bits per heavy atom. The van der Waals surface area contributed by atoms with Crippen LogP contribution in [-0.2, 0) is 6.18 Å². The molecule has 2 nitrogen and oxygen atoms in total. The van der Waals surface area contributed by atoms with E-state index in [0.29, 0.717) is 0 Å². The highest BCUT2D eigenvalue weighted by molar-refractivity contribution is 6.32. The van der Waals surface area contributed by atoms with Crippen molar-refractivity contribution in [2.75, 3.05) is 6.61 Å². The van der Waals surface area contributed by atoms with Crippen molar-refractivity contribution in [1.82, 2.24) is 0 Å². The number of hydrogen-bond donors (Lipinski definition) is 2. The summed E-state index contributed by atoms with van der Waals surface area (Å²) in [6, 6.07) is 2.89. The van der Waals surface area contributed by atoms with Crippen LogP contribution in [0.15, 0.2) is 18.2 Å². The van der Waals surface area contributed by atoms with E-state index in [4.69, 9.17) is 22.4 Å². The fraction of sp³-hybridized carbons (Fsp3) is 0.400. The number of aliphatic hydroxyl groups is 1. The van der Waals surface area contributed by atoms with Crippen molar-refractivity contribution in [2.45, 2.75) is 18.6 Å². The molecule has 17 heavy (non-hydrogen) atoms. The summed E-state index contributed by atoms with van der Waals surface area (Å²) in [5.41, 5.74) is 4.90. The summed E-state index contributed by atoms with van der Waals surface area (Å²) in [5.74, 6) is 0. The fourth-order valence-corrected chi connectivity index (χ4v) is 1.72. The Morgan fingerprint density at radius 2 is 1.94 bits per heavy atom. The molecule has 0 aliphatic carbocycles. The number of aliphatic hydroxyl groups excluding tert-OH is 1. The Kier molecular flexibility index (Phi) is 6.26. The van der Waals surface area contributed by atoms with Crippen LogP contribution >= 0.6 is 24.0 Å². The molecule has 1 aromatic carbocycles. The highest BCUT2D eigenvalue weighted by Gasteiger charge is 2.34. The van der Waals surface area contributed by atoms with Gasteiger partial charge in [0.15, 0.2) is 0 Å². The van der Waals surface area contributed by atoms with Crippen molar-refractivity contribution in [3.8, 4) is 0 Å². The first-order valence-electron chi connectivity index (χ1n) is 4.60. The molecule has 1 atom stereocenters. The van der Waals surface area contributed by atoms with Gasteiger partial charge in [0.1, 0.15) is 0 Å². The highest BCUT2D eigenvalue weighted by Crippen LogP contribution is 2.37. The topological polar surface area (TPSA) is 46.2 Å². The minimum Gasteiger partial charge on any atom is -0.396 e. The van der Waals surface area contributed by atoms with E-state index >= 15 is 0 Å². The lowest BCUT2D eigenvalue weighted by Gasteiger charge is -2.16. The molecule has 0 bridgehead atoms. The highest BCUT2D eigenvalue weighted by atomic mass is 35.5. The molecule has 0 heterocycles. The molecule has 0 saturated carbocycles. The molecule has 1 aromatic rings. The third-order valence-electron chi connectivity index (χ3n) is 2.17. The Balaban J connectivity index is 0.00000256. The molecule has 1 rings (SSSR count). The van der Waals surface area contributed by atoms with Gasteiger partial charge in [0.05, 0.1) is 10.6 Å². The van der Waals surface area contributed by atoms with Crippen molar-refractivity contribution in [3.05, 3.63) is 34.3 Å². The van der Waals surface area contributed by atoms with E-state index in [1.807, 2.05) is 0 Å². The molecule has 0 unspecified atom stereocenters. The maximum absolute atomic E-state index is 12.5. The quantitative estimate of drug-likeness (QED) is 0.898. The normalized spacial score (nSPS) is 13.1. The van der Waals surface area contributed by atoms with Gasteiger partial charge in [0.2, 0.25) is 0 Å². The third kappa shape index (κ3) is 4.03. The molecule has 0 amide bonds. The molecule has 7 heteroatoms. The smallest absolute Gasteiger partial charge is 0.396 e. The van der Waals surface area contributed by atoms with Crippen molar-refractivity contribution >= 4 is 24.0 Å². The summed E-state index contributed by atoms with van der Waals surface area (Å²) in [4.78, 5) is 0. The second-order valence-corrected chi connectivity index (χ2v) is 3.70. The number of nitrogens with two attached hydrogens (primary N) is 1. The largest absolute Gasteiger partial charge is 0.417 e. The molecule has 98 valence electrons. The van der Waals surface area contributed by atoms with Crippen LogP contribution in [0.4, 0.5) is 13.2 Å². The number of halogens is 5. The van der Waals surface area contributed by atoms with Crippen LogP contribution in [0.25, 0.3) is 0 Å². The van der Waals surface area contributed by atoms with Gasteiger partial charge in [-0.1, -0.05) is 23.7 Å². The summed E-state index contributed by atoms with van der Waals surface area (Å²) < 4.78 is 37.5. The lowest BCUT2D eigenvalue weighted by atomic mass is 10.0. The summed E-state index contributed by atoms with van der Waals surface area (Å²) in [5, 5.41) is 8.28. The standard InChI is InChI=1S/C10H11ClF3NO.ClH/c11-9-6(8(15)4-5-16)2-1-3-7(9)10(12,13)14;/h1-3,8,16H,4-5,15H2;1H/t8-;/m1./s1. The minimum atomic E-state index is -4.49. The van der Waals surface area contributed by atoms with Gasteiger partial charge in [-0.15, -0.1) is 12.4 Å². The zero-order chi connectivity index (χ0) is 12.3. The molecule has 0 saturated heterocycles. The van der Waals surface area contributed by atoms with Crippen LogP contribution in [-0.4, -0.2) is 11.7 Å². The maximum atomic E-state index is 12.5. The van der Waals surface area contributed by atoms with Crippen molar-refractivity contribution in [1.29, 1.82) is 0 Å². The number of benzene rings is 1. The van der Waals surface area contributed by atoms with E-state index in [1.54, 1.807) is 0 Å². The summed E-state index contributed by atoms with van der Waals surface area (Å²) >= 11 is 5.64. The average molecular weight is 290 g/mol. The lowest BCUT2D eigenvalue weighted by Crippen LogP contribution is -2.15. The van der Waals surface area contributed by atoms with Gasteiger partial charge >= 0.3 is 6.18 Å². The monoisotopic (exact) mass is 289 g/mol. The van der Waals surface area contributed by atoms with Crippen molar-refractivity contribution in [2.24, 2.45) is 5.73 Å². The zero-order valence-corrected chi connectivity index (χ0v) is 10.2. The Bertz CT molecular complexity index is 371. The van der Waals surface area contributed by atoms with Crippen LogP contribution in [0.3, 0.4) is 0 Å². The first kappa shape index (κ1) is 16.5. The van der Waals surface area contributed by atoms with Gasteiger partial charge < -0.3 is 10.8 Å². The SMILES string of the molecule is Cl.N[C@H](CCO)c1cccc(C(F)(F)F)c1Cl. The molecule has 0 radical (unpaired) electrons. The first-order chi connectivity index (χ1) is 7.38. The van der Waals surface area contributed by atoms with Crippen LogP contribution in [0, 0.1) is 0 Å². The molecule has 0 fully saturated rings. The minimum absolute atomic E-state index is 0. The summed E-state index contributed by atoms with van der Waals surface area (Å²) in [6.07, 6.45) is -4.33. The van der Waals surface area contributed by atoms with Gasteiger partial charge in [-0.25, -0.2) is 0 Å². The predicted octanol–water partition coefficient (Wildman–Crippen LogP) is 3.16. The van der Waals surface area contributed by atoms with Crippen LogP contribution < -0.4 is 5.73 Å². The number of rotatable bonds is 3. The molecule has 0 aliphatic heterocycles. The summed E-state index contributed by atoms with van der Waals surface area (Å²) in [6.45, 7) is -0.201. The van der Waals surface area contributed by atoms with Crippen LogP contribution in [0.5, 0.6) is 0 Å². The van der Waals surface area contributed by atoms with Gasteiger partial charge in [0, 0.05) is 12.6 Å². The average Bonchev–Trinajstić information content (AvgIpc) is 2.16. The van der Waals surface area contributed by atoms with Crippen molar-refractivity contribution < 1.29 is 18.3 Å². The molecule has 0 aliphatic rings. The molecular formula is C10H12Cl2F3NO. The molecule has 0 spiro atoms. The maximum Gasteiger partial charge on any atom is 0.417 e. The van der Waals surface area contributed by atoms with Gasteiger partial charge in [0.25, 0.3) is 0 Å². The predicted molar refractivity (Wildman–Crippen MR) is 62.3 cm³/mol. The lowest BCUT2D eigenvalue weighted by molar-refractivity contribution is -0.137. The second kappa shape index (κ2) is 6.44. The zero-order valence-electron chi connectivity index (χ0n) is 8.67. The Morgan fingerprint density at radius 1 is 1.35 bits per heavy atom. The van der Waals surface area contributed by atoms with E-state index in [1.165, 1.54) is 12.1 Å². The van der Waals surface area contributed by atoms with E-state index in [0.717, 1.165) is 6.07 Å². The Labute approximate surface area is 108 Å². The van der Waals surface area contributed by atoms with Crippen molar-refractivity contribution in [3.63, 3.8) is 0 Å². The van der Waals surface area contributed by atoms with Crippen LogP contribution in [0.2, 0.25) is 5.02 Å². The van der Waals surface area contributed by atoms with Gasteiger partial charge in [-0.05, 0) is 18.1 Å². The number of alkyl halides is 3. The van der Waals surface area contributed by atoms with E-state index < -0.39 is 22.8 Å². The Hall–Kier alpha value is -0.490. The third-order valence-corrected chi connectivity index (χ3v) is 2.60. The van der Waals surface area contributed by atoms with Crippen LogP contribution in [0.1, 0.15) is 23.6 Å². The fourth-order valence-electron chi connectivity index (χ4n) is 1.35. The van der Waals surface area contributed by atoms with E-state index in [-0.39, 0.29) is 31.0 Å². The molecule has 0 aromatic heterocycles. The summed E-state index contributed by atoms with van der Waals surface area (Å²) in [7, 11) is 0. The van der Waals surface area contributed by atoms with Gasteiger partial charge in [-0.2, -0.15) is 13.2 Å². The molecule has 3 N–H and O–H groups in total. The first-order valence-corrected chi connectivity index (χ1v) is 4.97. The van der Waals surface area contributed by atoms with Gasteiger partial charge in [-0.3, -0.25) is 0 Å². The van der Waals surface area contributed by atoms with E-state index in [9.17, 15) is 13.2 Å². The second-order valence-electron chi connectivity index (χ2n) is 3.33. The molecular weight excluding hydrogens is 278 g/mol. The van der Waals surface area contributed by atoms with E-state index in [2.05, 4.69) is 0 Å².